The first-order chi connectivity index (χ1) is 10.7. The molecule has 0 unspecified atom stereocenters. The minimum absolute atomic E-state index is 0.00688. The summed E-state index contributed by atoms with van der Waals surface area (Å²) in [5, 5.41) is 17.5. The van der Waals surface area contributed by atoms with Crippen LogP contribution in [0.1, 0.15) is 11.3 Å². The highest BCUT2D eigenvalue weighted by molar-refractivity contribution is 6.33. The van der Waals surface area contributed by atoms with Crippen LogP contribution in [0.15, 0.2) is 40.3 Å². The van der Waals surface area contributed by atoms with Crippen LogP contribution in [0.5, 0.6) is 0 Å². The first kappa shape index (κ1) is 16.6. The number of nitriles is 1. The zero-order chi connectivity index (χ0) is 17.2. The second-order valence-corrected chi connectivity index (χ2v) is 4.78. The number of rotatable bonds is 3. The molecule has 1 heterocycles. The summed E-state index contributed by atoms with van der Waals surface area (Å²) in [4.78, 5) is 10.7. The van der Waals surface area contributed by atoms with Gasteiger partial charge in [-0.05, 0) is 30.3 Å². The number of carboxylic acid groups (broad SMARTS) is 1. The molecule has 0 aliphatic heterocycles. The number of carbonyl (C=O) groups is 1. The summed E-state index contributed by atoms with van der Waals surface area (Å²) < 4.78 is 43.5. The summed E-state index contributed by atoms with van der Waals surface area (Å²) in [5.74, 6) is -1.41. The fourth-order valence-electron chi connectivity index (χ4n) is 1.75. The van der Waals surface area contributed by atoms with Crippen LogP contribution in [0.4, 0.5) is 13.2 Å². The van der Waals surface area contributed by atoms with Gasteiger partial charge in [-0.25, -0.2) is 4.79 Å². The highest BCUT2D eigenvalue weighted by Gasteiger charge is 2.31. The molecule has 2 aromatic rings. The number of hydrogen-bond acceptors (Lipinski definition) is 3. The van der Waals surface area contributed by atoms with Crippen molar-refractivity contribution in [1.82, 2.24) is 0 Å². The third-order valence-corrected chi connectivity index (χ3v) is 3.15. The van der Waals surface area contributed by atoms with Gasteiger partial charge in [-0.3, -0.25) is 0 Å². The number of carboxylic acids is 1. The molecule has 0 amide bonds. The van der Waals surface area contributed by atoms with Gasteiger partial charge in [0, 0.05) is 11.6 Å². The smallest absolute Gasteiger partial charge is 0.416 e. The maximum absolute atomic E-state index is 12.7. The molecule has 23 heavy (non-hydrogen) atoms. The quantitative estimate of drug-likeness (QED) is 0.653. The summed E-state index contributed by atoms with van der Waals surface area (Å²) in [6, 6.07) is 6.89. The fourth-order valence-corrected chi connectivity index (χ4v) is 1.96. The van der Waals surface area contributed by atoms with Gasteiger partial charge in [0.2, 0.25) is 0 Å². The highest BCUT2D eigenvalue weighted by atomic mass is 35.5. The Balaban J connectivity index is 2.46. The number of nitrogens with zero attached hydrogens (tertiary/aromatic N) is 1. The topological polar surface area (TPSA) is 74.2 Å². The predicted molar refractivity (Wildman–Crippen MR) is 75.4 cm³/mol. The Labute approximate surface area is 133 Å². The second-order valence-electron chi connectivity index (χ2n) is 4.37. The molecule has 1 N–H and O–H groups in total. The van der Waals surface area contributed by atoms with Crippen molar-refractivity contribution >= 4 is 23.6 Å². The Bertz CT molecular complexity index is 831. The van der Waals surface area contributed by atoms with Crippen LogP contribution in [0.2, 0.25) is 5.02 Å². The maximum atomic E-state index is 12.7. The lowest BCUT2D eigenvalue weighted by molar-refractivity contribution is -0.137. The van der Waals surface area contributed by atoms with E-state index in [-0.39, 0.29) is 22.1 Å². The molecular formula is C15H7ClF3NO3. The van der Waals surface area contributed by atoms with Crippen molar-refractivity contribution in [3.8, 4) is 17.4 Å². The van der Waals surface area contributed by atoms with E-state index in [0.717, 1.165) is 24.3 Å². The number of benzene rings is 1. The zero-order valence-corrected chi connectivity index (χ0v) is 11.9. The molecule has 0 aliphatic rings. The van der Waals surface area contributed by atoms with E-state index in [9.17, 15) is 18.0 Å². The normalized spacial score (nSPS) is 12.0. The Morgan fingerprint density at radius 3 is 2.57 bits per heavy atom. The van der Waals surface area contributed by atoms with Gasteiger partial charge >= 0.3 is 12.1 Å². The van der Waals surface area contributed by atoms with Gasteiger partial charge in [0.1, 0.15) is 23.2 Å². The van der Waals surface area contributed by atoms with E-state index in [4.69, 9.17) is 26.4 Å². The number of furan rings is 1. The first-order valence-electron chi connectivity index (χ1n) is 6.04. The minimum Gasteiger partial charge on any atom is -0.477 e. The molecule has 0 bridgehead atoms. The third kappa shape index (κ3) is 3.73. The number of aliphatic carboxylic acids is 1. The van der Waals surface area contributed by atoms with Crippen LogP contribution < -0.4 is 0 Å². The van der Waals surface area contributed by atoms with Crippen molar-refractivity contribution in [1.29, 1.82) is 5.26 Å². The largest absolute Gasteiger partial charge is 0.477 e. The molecular weight excluding hydrogens is 335 g/mol. The molecule has 0 saturated heterocycles. The summed E-state index contributed by atoms with van der Waals surface area (Å²) in [6.45, 7) is 0. The van der Waals surface area contributed by atoms with Crippen molar-refractivity contribution in [3.63, 3.8) is 0 Å². The molecule has 0 radical (unpaired) electrons. The standard InChI is InChI=1S/C15H7ClF3NO3/c16-12-3-1-9(15(17,18)19)6-11(12)13-4-2-10(23-13)5-8(7-20)14(21)22/h1-6H,(H,21,22)/b8-5+. The van der Waals surface area contributed by atoms with Gasteiger partial charge < -0.3 is 9.52 Å². The van der Waals surface area contributed by atoms with Gasteiger partial charge in [-0.2, -0.15) is 18.4 Å². The Morgan fingerprint density at radius 2 is 2.00 bits per heavy atom. The Kier molecular flexibility index (Phi) is 4.48. The Morgan fingerprint density at radius 1 is 1.30 bits per heavy atom. The van der Waals surface area contributed by atoms with Crippen molar-refractivity contribution in [2.45, 2.75) is 6.18 Å². The van der Waals surface area contributed by atoms with E-state index in [0.29, 0.717) is 0 Å². The molecule has 0 aliphatic carbocycles. The van der Waals surface area contributed by atoms with E-state index in [1.165, 1.54) is 18.2 Å². The van der Waals surface area contributed by atoms with Crippen molar-refractivity contribution in [3.05, 3.63) is 52.3 Å². The van der Waals surface area contributed by atoms with Gasteiger partial charge in [0.15, 0.2) is 0 Å². The van der Waals surface area contributed by atoms with Crippen molar-refractivity contribution < 1.29 is 27.5 Å². The monoisotopic (exact) mass is 341 g/mol. The molecule has 0 atom stereocenters. The molecule has 8 heteroatoms. The molecule has 1 aromatic carbocycles. The van der Waals surface area contributed by atoms with Crippen LogP contribution in [-0.4, -0.2) is 11.1 Å². The highest BCUT2D eigenvalue weighted by Crippen LogP contribution is 2.36. The van der Waals surface area contributed by atoms with Gasteiger partial charge in [-0.15, -0.1) is 0 Å². The summed E-state index contributed by atoms with van der Waals surface area (Å²) in [5.41, 5.74) is -1.45. The number of hydrogen-bond donors (Lipinski definition) is 1. The second kappa shape index (κ2) is 6.18. The molecule has 2 rings (SSSR count). The van der Waals surface area contributed by atoms with Crippen LogP contribution in [-0.2, 0) is 11.0 Å². The molecule has 4 nitrogen and oxygen atoms in total. The lowest BCUT2D eigenvalue weighted by Gasteiger charge is -2.09. The van der Waals surface area contributed by atoms with E-state index in [1.54, 1.807) is 0 Å². The summed E-state index contributed by atoms with van der Waals surface area (Å²) in [7, 11) is 0. The zero-order valence-electron chi connectivity index (χ0n) is 11.2. The van der Waals surface area contributed by atoms with Crippen molar-refractivity contribution in [2.24, 2.45) is 0 Å². The van der Waals surface area contributed by atoms with E-state index in [2.05, 4.69) is 0 Å². The number of alkyl halides is 3. The van der Waals surface area contributed by atoms with Crippen molar-refractivity contribution in [2.75, 3.05) is 0 Å². The summed E-state index contributed by atoms with van der Waals surface area (Å²) in [6.07, 6.45) is -3.57. The molecule has 0 spiro atoms. The summed E-state index contributed by atoms with van der Waals surface area (Å²) >= 11 is 5.88. The van der Waals surface area contributed by atoms with Crippen LogP contribution in [0.3, 0.4) is 0 Å². The van der Waals surface area contributed by atoms with E-state index >= 15 is 0 Å². The van der Waals surface area contributed by atoms with Gasteiger partial charge in [-0.1, -0.05) is 11.6 Å². The van der Waals surface area contributed by atoms with Gasteiger partial charge in [0.05, 0.1) is 10.6 Å². The third-order valence-electron chi connectivity index (χ3n) is 2.82. The predicted octanol–water partition coefficient (Wildman–Crippen LogP) is 4.61. The van der Waals surface area contributed by atoms with E-state index < -0.39 is 23.3 Å². The molecule has 1 aromatic heterocycles. The average Bonchev–Trinajstić information content (AvgIpc) is 2.92. The average molecular weight is 342 g/mol. The Hall–Kier alpha value is -2.72. The maximum Gasteiger partial charge on any atom is 0.416 e. The molecule has 0 saturated carbocycles. The number of halogens is 4. The van der Waals surface area contributed by atoms with Crippen LogP contribution >= 0.6 is 11.6 Å². The van der Waals surface area contributed by atoms with Crippen LogP contribution in [0.25, 0.3) is 17.4 Å². The van der Waals surface area contributed by atoms with E-state index in [1.807, 2.05) is 0 Å². The first-order valence-corrected chi connectivity index (χ1v) is 6.42. The SMILES string of the molecule is N#C/C(=C\c1ccc(-c2cc(C(F)(F)F)ccc2Cl)o1)C(=O)O. The fraction of sp³-hybridized carbons (Fsp3) is 0.0667. The minimum atomic E-state index is -4.54. The van der Waals surface area contributed by atoms with Crippen LogP contribution in [0, 0.1) is 11.3 Å². The molecule has 118 valence electrons. The molecule has 0 fully saturated rings. The lowest BCUT2D eigenvalue weighted by atomic mass is 10.1. The van der Waals surface area contributed by atoms with Gasteiger partial charge in [0.25, 0.3) is 0 Å². The lowest BCUT2D eigenvalue weighted by Crippen LogP contribution is -2.04.